The Bertz CT molecular complexity index is 271. The van der Waals surface area contributed by atoms with Crippen LogP contribution < -0.4 is 5.73 Å². The molecule has 0 amide bonds. The van der Waals surface area contributed by atoms with Gasteiger partial charge in [0.25, 0.3) is 0 Å². The Morgan fingerprint density at radius 1 is 1.43 bits per heavy atom. The molecular weight excluding hydrogens is 200 g/mol. The molecule has 1 unspecified atom stereocenters. The maximum absolute atomic E-state index is 11.9. The summed E-state index contributed by atoms with van der Waals surface area (Å²) >= 11 is 0. The third-order valence-corrected chi connectivity index (χ3v) is 5.39. The molecular formula is C9H20N2O2S. The van der Waals surface area contributed by atoms with Crippen molar-refractivity contribution in [2.24, 2.45) is 5.73 Å². The van der Waals surface area contributed by atoms with Crippen LogP contribution in [-0.4, -0.2) is 37.6 Å². The number of nitrogens with two attached hydrogens (primary N) is 1. The van der Waals surface area contributed by atoms with Gasteiger partial charge in [-0.15, -0.1) is 0 Å². The van der Waals surface area contributed by atoms with E-state index in [4.69, 9.17) is 5.73 Å². The fourth-order valence-corrected chi connectivity index (χ4v) is 3.32. The molecule has 1 aliphatic carbocycles. The molecule has 4 nitrogen and oxygen atoms in total. The molecule has 0 aromatic rings. The summed E-state index contributed by atoms with van der Waals surface area (Å²) in [5.41, 5.74) is 5.39. The minimum absolute atomic E-state index is 0.194. The van der Waals surface area contributed by atoms with E-state index in [1.54, 1.807) is 14.0 Å². The monoisotopic (exact) mass is 220 g/mol. The Kier molecular flexibility index (Phi) is 3.92. The van der Waals surface area contributed by atoms with Crippen LogP contribution in [-0.2, 0) is 10.0 Å². The smallest absolute Gasteiger partial charge is 0.217 e. The van der Waals surface area contributed by atoms with E-state index in [0.29, 0.717) is 0 Å². The molecule has 14 heavy (non-hydrogen) atoms. The van der Waals surface area contributed by atoms with Crippen molar-refractivity contribution in [3.05, 3.63) is 0 Å². The first kappa shape index (κ1) is 11.9. The average Bonchev–Trinajstić information content (AvgIpc) is 2.67. The van der Waals surface area contributed by atoms with Crippen molar-refractivity contribution < 1.29 is 8.42 Å². The van der Waals surface area contributed by atoms with E-state index >= 15 is 0 Å². The SMILES string of the molecule is CC(CN)S(=O)(=O)N(C)C1CCCC1. The second-order valence-corrected chi connectivity index (χ2v) is 6.46. The van der Waals surface area contributed by atoms with Gasteiger partial charge in [0.15, 0.2) is 0 Å². The number of nitrogens with zero attached hydrogens (tertiary/aromatic N) is 1. The van der Waals surface area contributed by atoms with Crippen LogP contribution in [0, 0.1) is 0 Å². The predicted molar refractivity (Wildman–Crippen MR) is 57.5 cm³/mol. The minimum atomic E-state index is -3.16. The highest BCUT2D eigenvalue weighted by atomic mass is 32.2. The zero-order valence-corrected chi connectivity index (χ0v) is 9.76. The number of sulfonamides is 1. The van der Waals surface area contributed by atoms with E-state index in [9.17, 15) is 8.42 Å². The lowest BCUT2D eigenvalue weighted by Gasteiger charge is -2.26. The largest absolute Gasteiger partial charge is 0.329 e. The molecule has 0 heterocycles. The molecule has 2 N–H and O–H groups in total. The molecule has 0 spiro atoms. The lowest BCUT2D eigenvalue weighted by molar-refractivity contribution is 0.368. The van der Waals surface area contributed by atoms with E-state index in [2.05, 4.69) is 0 Å². The topological polar surface area (TPSA) is 63.4 Å². The summed E-state index contributed by atoms with van der Waals surface area (Å²) in [4.78, 5) is 0. The maximum Gasteiger partial charge on any atom is 0.217 e. The number of hydrogen-bond donors (Lipinski definition) is 1. The van der Waals surface area contributed by atoms with Crippen LogP contribution in [0.5, 0.6) is 0 Å². The molecule has 5 heteroatoms. The van der Waals surface area contributed by atoms with Crippen LogP contribution in [0.1, 0.15) is 32.6 Å². The van der Waals surface area contributed by atoms with Crippen LogP contribution >= 0.6 is 0 Å². The molecule has 1 fully saturated rings. The second kappa shape index (κ2) is 4.59. The molecule has 0 bridgehead atoms. The highest BCUT2D eigenvalue weighted by molar-refractivity contribution is 7.89. The summed E-state index contributed by atoms with van der Waals surface area (Å²) in [6, 6.07) is 0.203. The molecule has 0 aromatic carbocycles. The van der Waals surface area contributed by atoms with Crippen LogP contribution in [0.25, 0.3) is 0 Å². The Morgan fingerprint density at radius 3 is 2.36 bits per heavy atom. The summed E-state index contributed by atoms with van der Waals surface area (Å²) < 4.78 is 25.3. The maximum atomic E-state index is 11.9. The van der Waals surface area contributed by atoms with Crippen molar-refractivity contribution in [3.8, 4) is 0 Å². The van der Waals surface area contributed by atoms with E-state index in [0.717, 1.165) is 25.7 Å². The highest BCUT2D eigenvalue weighted by Gasteiger charge is 2.31. The zero-order valence-electron chi connectivity index (χ0n) is 8.94. The standard InChI is InChI=1S/C9H20N2O2S/c1-8(7-10)14(12,13)11(2)9-5-3-4-6-9/h8-9H,3-7,10H2,1-2H3. The van der Waals surface area contributed by atoms with Crippen molar-refractivity contribution in [1.82, 2.24) is 4.31 Å². The van der Waals surface area contributed by atoms with Gasteiger partial charge in [0.2, 0.25) is 10.0 Å². The predicted octanol–water partition coefficient (Wildman–Crippen LogP) is 0.538. The van der Waals surface area contributed by atoms with Gasteiger partial charge in [-0.25, -0.2) is 12.7 Å². The fourth-order valence-electron chi connectivity index (χ4n) is 1.88. The van der Waals surface area contributed by atoms with Gasteiger partial charge >= 0.3 is 0 Å². The molecule has 0 saturated heterocycles. The summed E-state index contributed by atoms with van der Waals surface area (Å²) in [6.45, 7) is 1.86. The molecule has 1 aliphatic rings. The van der Waals surface area contributed by atoms with Gasteiger partial charge in [-0.3, -0.25) is 0 Å². The number of hydrogen-bond acceptors (Lipinski definition) is 3. The lowest BCUT2D eigenvalue weighted by Crippen LogP contribution is -2.42. The van der Waals surface area contributed by atoms with Gasteiger partial charge in [-0.2, -0.15) is 0 Å². The second-order valence-electron chi connectivity index (χ2n) is 4.05. The first-order valence-electron chi connectivity index (χ1n) is 5.17. The molecule has 1 rings (SSSR count). The van der Waals surface area contributed by atoms with Crippen LogP contribution in [0.4, 0.5) is 0 Å². The fraction of sp³-hybridized carbons (Fsp3) is 1.00. The summed E-state index contributed by atoms with van der Waals surface area (Å²) in [7, 11) is -1.49. The van der Waals surface area contributed by atoms with Crippen molar-refractivity contribution >= 4 is 10.0 Å². The Hall–Kier alpha value is -0.130. The van der Waals surface area contributed by atoms with Gasteiger partial charge in [-0.1, -0.05) is 12.8 Å². The molecule has 0 radical (unpaired) electrons. The Labute approximate surface area is 86.5 Å². The summed E-state index contributed by atoms with van der Waals surface area (Å²) in [6.07, 6.45) is 4.27. The van der Waals surface area contributed by atoms with Gasteiger partial charge in [-0.05, 0) is 19.8 Å². The van der Waals surface area contributed by atoms with Crippen molar-refractivity contribution in [3.63, 3.8) is 0 Å². The molecule has 1 atom stereocenters. The zero-order chi connectivity index (χ0) is 10.8. The highest BCUT2D eigenvalue weighted by Crippen LogP contribution is 2.25. The first-order chi connectivity index (χ1) is 6.50. The van der Waals surface area contributed by atoms with E-state index < -0.39 is 15.3 Å². The van der Waals surface area contributed by atoms with E-state index in [-0.39, 0.29) is 12.6 Å². The quantitative estimate of drug-likeness (QED) is 0.752. The molecule has 0 aromatic heterocycles. The third-order valence-electron chi connectivity index (χ3n) is 3.08. The van der Waals surface area contributed by atoms with Gasteiger partial charge in [0.1, 0.15) is 0 Å². The van der Waals surface area contributed by atoms with E-state index in [1.165, 1.54) is 4.31 Å². The van der Waals surface area contributed by atoms with Crippen LogP contribution in [0.2, 0.25) is 0 Å². The van der Waals surface area contributed by atoms with Gasteiger partial charge in [0, 0.05) is 19.6 Å². The first-order valence-corrected chi connectivity index (χ1v) is 6.67. The normalized spacial score (nSPS) is 21.7. The Balaban J connectivity index is 2.71. The van der Waals surface area contributed by atoms with Crippen molar-refractivity contribution in [2.75, 3.05) is 13.6 Å². The van der Waals surface area contributed by atoms with Gasteiger partial charge in [0.05, 0.1) is 5.25 Å². The van der Waals surface area contributed by atoms with Crippen LogP contribution in [0.3, 0.4) is 0 Å². The molecule has 0 aliphatic heterocycles. The van der Waals surface area contributed by atoms with E-state index in [1.807, 2.05) is 0 Å². The molecule has 84 valence electrons. The van der Waals surface area contributed by atoms with Crippen LogP contribution in [0.15, 0.2) is 0 Å². The molecule has 1 saturated carbocycles. The van der Waals surface area contributed by atoms with Crippen molar-refractivity contribution in [1.29, 1.82) is 0 Å². The third kappa shape index (κ3) is 2.27. The Morgan fingerprint density at radius 2 is 1.93 bits per heavy atom. The summed E-state index contributed by atoms with van der Waals surface area (Å²) in [5, 5.41) is -0.465. The lowest BCUT2D eigenvalue weighted by atomic mass is 10.3. The summed E-state index contributed by atoms with van der Waals surface area (Å²) in [5.74, 6) is 0. The average molecular weight is 220 g/mol. The van der Waals surface area contributed by atoms with Crippen molar-refractivity contribution in [2.45, 2.75) is 43.9 Å². The van der Waals surface area contributed by atoms with Gasteiger partial charge < -0.3 is 5.73 Å². The number of rotatable bonds is 4. The minimum Gasteiger partial charge on any atom is -0.329 e.